The van der Waals surface area contributed by atoms with E-state index < -0.39 is 0 Å². The number of hydrogen-bond donors (Lipinski definition) is 2. The molecule has 4 aliphatic rings. The Hall–Kier alpha value is -2.51. The van der Waals surface area contributed by atoms with E-state index in [1.807, 2.05) is 22.8 Å². The van der Waals surface area contributed by atoms with Crippen LogP contribution < -0.4 is 10.9 Å². The van der Waals surface area contributed by atoms with Gasteiger partial charge in [-0.3, -0.25) is 19.5 Å². The third kappa shape index (κ3) is 3.62. The van der Waals surface area contributed by atoms with Gasteiger partial charge >= 0.3 is 0 Å². The van der Waals surface area contributed by atoms with Gasteiger partial charge in [-0.05, 0) is 61.4 Å². The normalized spacial score (nSPS) is 29.2. The van der Waals surface area contributed by atoms with Crippen LogP contribution in [-0.2, 0) is 11.3 Å². The molecule has 0 unspecified atom stereocenters. The molecule has 0 aromatic carbocycles. The first-order valence-corrected chi connectivity index (χ1v) is 12.5. The summed E-state index contributed by atoms with van der Waals surface area (Å²) in [6.07, 6.45) is 10.2. The molecule has 174 valence electrons. The van der Waals surface area contributed by atoms with E-state index in [2.05, 4.69) is 21.3 Å². The van der Waals surface area contributed by atoms with Crippen molar-refractivity contribution in [2.24, 2.45) is 17.8 Å². The molecule has 33 heavy (non-hydrogen) atoms. The van der Waals surface area contributed by atoms with E-state index in [1.54, 1.807) is 12.4 Å². The van der Waals surface area contributed by atoms with Crippen LogP contribution >= 0.6 is 0 Å². The van der Waals surface area contributed by atoms with E-state index in [9.17, 15) is 14.7 Å². The number of aromatic nitrogens is 2. The zero-order chi connectivity index (χ0) is 22.5. The average molecular weight is 449 g/mol. The van der Waals surface area contributed by atoms with Gasteiger partial charge in [-0.1, -0.05) is 12.8 Å². The molecule has 6 rings (SSSR count). The second kappa shape index (κ2) is 8.37. The van der Waals surface area contributed by atoms with Gasteiger partial charge in [0.2, 0.25) is 5.91 Å². The summed E-state index contributed by atoms with van der Waals surface area (Å²) < 4.78 is 1.89. The summed E-state index contributed by atoms with van der Waals surface area (Å²) in [7, 11) is 0. The molecule has 7 heteroatoms. The lowest BCUT2D eigenvalue weighted by molar-refractivity contribution is -0.128. The van der Waals surface area contributed by atoms with Crippen molar-refractivity contribution < 1.29 is 9.90 Å². The number of amides is 1. The third-order valence-electron chi connectivity index (χ3n) is 8.32. The Balaban J connectivity index is 1.36. The van der Waals surface area contributed by atoms with Gasteiger partial charge in [-0.15, -0.1) is 0 Å². The molecule has 2 aliphatic carbocycles. The fourth-order valence-corrected chi connectivity index (χ4v) is 6.52. The highest BCUT2D eigenvalue weighted by Crippen LogP contribution is 2.51. The molecular formula is C26H32N4O3. The number of likely N-dealkylation sites (tertiary alicyclic amines) is 1. The first-order chi connectivity index (χ1) is 16.2. The lowest BCUT2D eigenvalue weighted by atomic mass is 9.88. The van der Waals surface area contributed by atoms with E-state index in [1.165, 1.54) is 25.7 Å². The summed E-state index contributed by atoms with van der Waals surface area (Å²) in [5.41, 5.74) is 2.52. The minimum atomic E-state index is -0.324. The molecule has 3 fully saturated rings. The molecule has 0 bridgehead atoms. The van der Waals surface area contributed by atoms with Gasteiger partial charge in [0.15, 0.2) is 0 Å². The zero-order valence-corrected chi connectivity index (χ0v) is 18.9. The van der Waals surface area contributed by atoms with Gasteiger partial charge in [0.25, 0.3) is 5.56 Å². The van der Waals surface area contributed by atoms with Crippen LogP contribution in [0.5, 0.6) is 0 Å². The predicted octanol–water partition coefficient (Wildman–Crippen LogP) is 2.34. The maximum Gasteiger partial charge on any atom is 0.258 e. The highest BCUT2D eigenvalue weighted by atomic mass is 16.3. The summed E-state index contributed by atoms with van der Waals surface area (Å²) in [6, 6.07) is 7.64. The van der Waals surface area contributed by atoms with Crippen LogP contribution in [0.15, 0.2) is 41.5 Å². The second-order valence-corrected chi connectivity index (χ2v) is 10.4. The van der Waals surface area contributed by atoms with Crippen LogP contribution in [0.3, 0.4) is 0 Å². The van der Waals surface area contributed by atoms with E-state index in [4.69, 9.17) is 0 Å². The zero-order valence-electron chi connectivity index (χ0n) is 18.9. The van der Waals surface area contributed by atoms with Gasteiger partial charge in [-0.25, -0.2) is 0 Å². The number of rotatable bonds is 6. The Morgan fingerprint density at radius 1 is 1.09 bits per heavy atom. The predicted molar refractivity (Wildman–Crippen MR) is 124 cm³/mol. The van der Waals surface area contributed by atoms with Gasteiger partial charge in [-0.2, -0.15) is 0 Å². The van der Waals surface area contributed by atoms with Gasteiger partial charge in [0.1, 0.15) is 0 Å². The van der Waals surface area contributed by atoms with Crippen molar-refractivity contribution in [1.29, 1.82) is 0 Å². The molecule has 0 spiro atoms. The molecule has 4 atom stereocenters. The fourth-order valence-electron chi connectivity index (χ4n) is 6.52. The molecule has 0 radical (unpaired) electrons. The number of fused-ring (bicyclic) bond motifs is 3. The van der Waals surface area contributed by atoms with Crippen molar-refractivity contribution >= 4 is 5.91 Å². The Labute approximate surface area is 193 Å². The van der Waals surface area contributed by atoms with Crippen molar-refractivity contribution in [2.75, 3.05) is 13.2 Å². The van der Waals surface area contributed by atoms with E-state index >= 15 is 0 Å². The van der Waals surface area contributed by atoms with Crippen LogP contribution in [-0.4, -0.2) is 50.7 Å². The molecule has 4 heterocycles. The van der Waals surface area contributed by atoms with Gasteiger partial charge in [0.05, 0.1) is 12.1 Å². The van der Waals surface area contributed by atoms with E-state index in [0.717, 1.165) is 30.6 Å². The summed E-state index contributed by atoms with van der Waals surface area (Å²) >= 11 is 0. The number of pyridine rings is 2. The minimum absolute atomic E-state index is 0.00117. The Bertz CT molecular complexity index is 1090. The number of nitrogens with zero attached hydrogens (tertiary/aromatic N) is 3. The molecule has 2 aromatic heterocycles. The molecule has 2 N–H and O–H groups in total. The molecule has 1 amide bonds. The lowest BCUT2D eigenvalue weighted by Gasteiger charge is -2.31. The number of aliphatic hydroxyl groups is 1. The summed E-state index contributed by atoms with van der Waals surface area (Å²) in [4.78, 5) is 33.3. The SMILES string of the molecule is O=C(NC1CCCC1)[C@H]1[C@H](CO)[C@H]2Cn3c(ccc(-c4ccncc4)c3=O)[C@H]2N1CC1CC1. The van der Waals surface area contributed by atoms with Crippen LogP contribution in [0.25, 0.3) is 11.1 Å². The first kappa shape index (κ1) is 21.1. The van der Waals surface area contributed by atoms with Crippen molar-refractivity contribution in [3.63, 3.8) is 0 Å². The molecule has 7 nitrogen and oxygen atoms in total. The van der Waals surface area contributed by atoms with Crippen molar-refractivity contribution in [3.8, 4) is 11.1 Å². The maximum atomic E-state index is 13.5. The third-order valence-corrected chi connectivity index (χ3v) is 8.32. The molecular weight excluding hydrogens is 416 g/mol. The summed E-state index contributed by atoms with van der Waals surface area (Å²) in [6.45, 7) is 1.38. The molecule has 2 saturated carbocycles. The number of carbonyl (C=O) groups is 1. The van der Waals surface area contributed by atoms with Gasteiger partial charge in [0, 0.05) is 61.2 Å². The monoisotopic (exact) mass is 448 g/mol. The van der Waals surface area contributed by atoms with Crippen LogP contribution in [0.1, 0.15) is 50.3 Å². The lowest BCUT2D eigenvalue weighted by Crippen LogP contribution is -2.51. The van der Waals surface area contributed by atoms with E-state index in [0.29, 0.717) is 18.0 Å². The van der Waals surface area contributed by atoms with Crippen LogP contribution in [0.4, 0.5) is 0 Å². The topological polar surface area (TPSA) is 87.5 Å². The largest absolute Gasteiger partial charge is 0.396 e. The average Bonchev–Trinajstić information content (AvgIpc) is 3.22. The van der Waals surface area contributed by atoms with Crippen LogP contribution in [0, 0.1) is 17.8 Å². The quantitative estimate of drug-likeness (QED) is 0.708. The Kier molecular flexibility index (Phi) is 5.34. The standard InChI is InChI=1S/C26H32N4O3/c31-15-21-20-14-29-22(8-7-19(26(29)33)17-9-11-27-12-10-17)23(20)30(13-16-5-6-16)24(21)25(32)28-18-3-1-2-4-18/h7-12,16,18,20-21,23-24,31H,1-6,13-15H2,(H,28,32)/t20-,21-,23+,24-/m1/s1. The number of carbonyl (C=O) groups excluding carboxylic acids is 1. The molecule has 2 aromatic rings. The highest BCUT2D eigenvalue weighted by Gasteiger charge is 2.56. The van der Waals surface area contributed by atoms with Crippen molar-refractivity contribution in [1.82, 2.24) is 19.8 Å². The first-order valence-electron chi connectivity index (χ1n) is 12.5. The van der Waals surface area contributed by atoms with Gasteiger partial charge < -0.3 is 15.0 Å². The van der Waals surface area contributed by atoms with Crippen molar-refractivity contribution in [2.45, 2.75) is 63.2 Å². The van der Waals surface area contributed by atoms with Crippen LogP contribution in [0.2, 0.25) is 0 Å². The van der Waals surface area contributed by atoms with E-state index in [-0.39, 0.29) is 48.0 Å². The fraction of sp³-hybridized carbons (Fsp3) is 0.577. The maximum absolute atomic E-state index is 13.5. The van der Waals surface area contributed by atoms with Crippen molar-refractivity contribution in [3.05, 3.63) is 52.7 Å². The number of nitrogens with one attached hydrogen (secondary N) is 1. The number of aliphatic hydroxyl groups excluding tert-OH is 1. The highest BCUT2D eigenvalue weighted by molar-refractivity contribution is 5.83. The molecule has 2 aliphatic heterocycles. The summed E-state index contributed by atoms with van der Waals surface area (Å²) in [5.74, 6) is 0.576. The Morgan fingerprint density at radius 3 is 2.55 bits per heavy atom. The number of hydrogen-bond acceptors (Lipinski definition) is 5. The minimum Gasteiger partial charge on any atom is -0.396 e. The summed E-state index contributed by atoms with van der Waals surface area (Å²) in [5, 5.41) is 13.7. The second-order valence-electron chi connectivity index (χ2n) is 10.4. The Morgan fingerprint density at radius 2 is 1.85 bits per heavy atom. The smallest absolute Gasteiger partial charge is 0.258 e. The molecule has 1 saturated heterocycles.